The molecule has 19 heavy (non-hydrogen) atoms. The summed E-state index contributed by atoms with van der Waals surface area (Å²) in [4.78, 5) is 11.9. The van der Waals surface area contributed by atoms with Gasteiger partial charge in [-0.15, -0.1) is 0 Å². The molecule has 3 N–H and O–H groups in total. The van der Waals surface area contributed by atoms with E-state index in [0.717, 1.165) is 15.7 Å². The van der Waals surface area contributed by atoms with Gasteiger partial charge >= 0.3 is 0 Å². The first-order valence-corrected chi connectivity index (χ1v) is 6.37. The van der Waals surface area contributed by atoms with Crippen molar-refractivity contribution < 1.29 is 13.6 Å². The molecule has 0 aliphatic heterocycles. The topological polar surface area (TPSA) is 55.1 Å². The summed E-state index contributed by atoms with van der Waals surface area (Å²) in [5, 5.41) is 2.43. The number of nitrogens with one attached hydrogen (secondary N) is 1. The second-order valence-corrected chi connectivity index (χ2v) is 5.04. The average molecular weight is 374 g/mol. The molecule has 98 valence electrons. The van der Waals surface area contributed by atoms with Crippen LogP contribution in [0.4, 0.5) is 20.2 Å². The Balaban J connectivity index is 2.33. The van der Waals surface area contributed by atoms with Gasteiger partial charge in [0.25, 0.3) is 5.91 Å². The summed E-state index contributed by atoms with van der Waals surface area (Å²) < 4.78 is 28.1. The fourth-order valence-electron chi connectivity index (χ4n) is 1.54. The molecule has 2 aromatic rings. The fraction of sp³-hybridized carbons (Fsp3) is 0. The van der Waals surface area contributed by atoms with Crippen LogP contribution >= 0.6 is 22.6 Å². The van der Waals surface area contributed by atoms with Crippen LogP contribution in [0.5, 0.6) is 0 Å². The molecule has 0 spiro atoms. The predicted molar refractivity (Wildman–Crippen MR) is 77.9 cm³/mol. The van der Waals surface area contributed by atoms with Crippen molar-refractivity contribution in [3.8, 4) is 0 Å². The van der Waals surface area contributed by atoms with Crippen molar-refractivity contribution in [3.05, 3.63) is 57.2 Å². The molecule has 3 nitrogen and oxygen atoms in total. The third kappa shape index (κ3) is 3.01. The minimum absolute atomic E-state index is 0.269. The molecular formula is C13H9F2IN2O. The van der Waals surface area contributed by atoms with E-state index in [-0.39, 0.29) is 5.69 Å². The monoisotopic (exact) mass is 374 g/mol. The number of halogens is 3. The van der Waals surface area contributed by atoms with Crippen LogP contribution < -0.4 is 11.1 Å². The van der Waals surface area contributed by atoms with E-state index >= 15 is 0 Å². The van der Waals surface area contributed by atoms with Crippen LogP contribution in [0.3, 0.4) is 0 Å². The number of hydrogen-bond acceptors (Lipinski definition) is 2. The van der Waals surface area contributed by atoms with Crippen molar-refractivity contribution in [2.75, 3.05) is 11.1 Å². The maximum Gasteiger partial charge on any atom is 0.261 e. The van der Waals surface area contributed by atoms with Gasteiger partial charge in [0.2, 0.25) is 0 Å². The molecule has 0 unspecified atom stereocenters. The molecule has 0 atom stereocenters. The number of nitrogen functional groups attached to an aromatic ring is 1. The molecule has 0 bridgehead atoms. The lowest BCUT2D eigenvalue weighted by molar-refractivity contribution is 0.101. The molecule has 0 aliphatic carbocycles. The van der Waals surface area contributed by atoms with Gasteiger partial charge in [-0.05, 0) is 52.9 Å². The van der Waals surface area contributed by atoms with Crippen LogP contribution in [0.15, 0.2) is 36.4 Å². The van der Waals surface area contributed by atoms with Gasteiger partial charge in [-0.2, -0.15) is 0 Å². The van der Waals surface area contributed by atoms with Gasteiger partial charge in [0.05, 0.1) is 5.69 Å². The van der Waals surface area contributed by atoms with Gasteiger partial charge in [-0.1, -0.05) is 6.07 Å². The van der Waals surface area contributed by atoms with Crippen LogP contribution in [0.1, 0.15) is 10.4 Å². The first-order chi connectivity index (χ1) is 8.99. The molecule has 0 aliphatic rings. The number of anilines is 2. The summed E-state index contributed by atoms with van der Waals surface area (Å²) in [6.45, 7) is 0. The third-order valence-corrected chi connectivity index (χ3v) is 3.10. The first kappa shape index (κ1) is 13.7. The lowest BCUT2D eigenvalue weighted by Crippen LogP contribution is -2.16. The zero-order chi connectivity index (χ0) is 14.0. The van der Waals surface area contributed by atoms with Gasteiger partial charge < -0.3 is 11.1 Å². The SMILES string of the molecule is Nc1ccc(F)c(C(=O)Nc2cccc(I)c2)c1F. The third-order valence-electron chi connectivity index (χ3n) is 2.43. The summed E-state index contributed by atoms with van der Waals surface area (Å²) in [6, 6.07) is 8.90. The van der Waals surface area contributed by atoms with Gasteiger partial charge in [-0.3, -0.25) is 4.79 Å². The fourth-order valence-corrected chi connectivity index (χ4v) is 2.08. The number of carbonyl (C=O) groups excluding carboxylic acids is 1. The average Bonchev–Trinajstić information content (AvgIpc) is 2.34. The normalized spacial score (nSPS) is 10.3. The van der Waals surface area contributed by atoms with E-state index in [2.05, 4.69) is 27.9 Å². The van der Waals surface area contributed by atoms with Crippen molar-refractivity contribution in [1.82, 2.24) is 0 Å². The lowest BCUT2D eigenvalue weighted by Gasteiger charge is -2.08. The van der Waals surface area contributed by atoms with Crippen molar-refractivity contribution in [3.63, 3.8) is 0 Å². The Morgan fingerprint density at radius 1 is 1.21 bits per heavy atom. The molecule has 0 saturated heterocycles. The molecule has 6 heteroatoms. The van der Waals surface area contributed by atoms with Crippen LogP contribution in [0.25, 0.3) is 0 Å². The zero-order valence-electron chi connectivity index (χ0n) is 9.58. The van der Waals surface area contributed by atoms with E-state index in [1.165, 1.54) is 0 Å². The molecule has 2 rings (SSSR count). The van der Waals surface area contributed by atoms with Gasteiger partial charge in [0, 0.05) is 9.26 Å². The highest BCUT2D eigenvalue weighted by molar-refractivity contribution is 14.1. The minimum Gasteiger partial charge on any atom is -0.396 e. The maximum atomic E-state index is 13.7. The summed E-state index contributed by atoms with van der Waals surface area (Å²) >= 11 is 2.07. The molecule has 0 heterocycles. The Morgan fingerprint density at radius 2 is 1.95 bits per heavy atom. The Kier molecular flexibility index (Phi) is 3.98. The Labute approximate surface area is 121 Å². The van der Waals surface area contributed by atoms with E-state index in [0.29, 0.717) is 5.69 Å². The van der Waals surface area contributed by atoms with Crippen molar-refractivity contribution in [1.29, 1.82) is 0 Å². The van der Waals surface area contributed by atoms with E-state index in [1.54, 1.807) is 18.2 Å². The number of benzene rings is 2. The predicted octanol–water partition coefficient (Wildman–Crippen LogP) is 3.40. The van der Waals surface area contributed by atoms with E-state index in [4.69, 9.17) is 5.73 Å². The smallest absolute Gasteiger partial charge is 0.261 e. The first-order valence-electron chi connectivity index (χ1n) is 5.29. The Bertz CT molecular complexity index is 647. The highest BCUT2D eigenvalue weighted by Gasteiger charge is 2.19. The number of amides is 1. The molecule has 0 fully saturated rings. The van der Waals surface area contributed by atoms with Gasteiger partial charge in [0.15, 0.2) is 5.82 Å². The second-order valence-electron chi connectivity index (χ2n) is 3.79. The Hall–Kier alpha value is -1.70. The van der Waals surface area contributed by atoms with Crippen LogP contribution in [-0.2, 0) is 0 Å². The molecule has 0 saturated carbocycles. The van der Waals surface area contributed by atoms with Gasteiger partial charge in [0.1, 0.15) is 11.4 Å². The second kappa shape index (κ2) is 5.52. The Morgan fingerprint density at radius 3 is 2.63 bits per heavy atom. The number of hydrogen-bond donors (Lipinski definition) is 2. The standard InChI is InChI=1S/C13H9F2IN2O/c14-9-4-5-10(17)12(15)11(9)13(19)18-8-3-1-2-7(16)6-8/h1-6H,17H2,(H,18,19). The molecule has 2 aromatic carbocycles. The van der Waals surface area contributed by atoms with Crippen molar-refractivity contribution >= 4 is 39.9 Å². The van der Waals surface area contributed by atoms with Crippen LogP contribution in [0.2, 0.25) is 0 Å². The van der Waals surface area contributed by atoms with Gasteiger partial charge in [-0.25, -0.2) is 8.78 Å². The summed E-state index contributed by atoms with van der Waals surface area (Å²) in [5.74, 6) is -2.87. The maximum absolute atomic E-state index is 13.7. The molecular weight excluding hydrogens is 365 g/mol. The van der Waals surface area contributed by atoms with E-state index in [1.807, 2.05) is 6.07 Å². The number of rotatable bonds is 2. The largest absolute Gasteiger partial charge is 0.396 e. The molecule has 1 amide bonds. The number of nitrogens with two attached hydrogens (primary N) is 1. The molecule has 0 aromatic heterocycles. The highest BCUT2D eigenvalue weighted by atomic mass is 127. The van der Waals surface area contributed by atoms with Crippen molar-refractivity contribution in [2.45, 2.75) is 0 Å². The lowest BCUT2D eigenvalue weighted by atomic mass is 10.1. The quantitative estimate of drug-likeness (QED) is 0.626. The summed E-state index contributed by atoms with van der Waals surface area (Å²) in [7, 11) is 0. The molecule has 0 radical (unpaired) electrons. The van der Waals surface area contributed by atoms with E-state index in [9.17, 15) is 13.6 Å². The van der Waals surface area contributed by atoms with Crippen molar-refractivity contribution in [2.24, 2.45) is 0 Å². The number of carbonyl (C=O) groups is 1. The van der Waals surface area contributed by atoms with Crippen LogP contribution in [-0.4, -0.2) is 5.91 Å². The zero-order valence-corrected chi connectivity index (χ0v) is 11.7. The van der Waals surface area contributed by atoms with E-state index < -0.39 is 23.1 Å². The minimum atomic E-state index is -1.05. The summed E-state index contributed by atoms with van der Waals surface area (Å²) in [6.07, 6.45) is 0. The summed E-state index contributed by atoms with van der Waals surface area (Å²) in [5.41, 5.74) is 4.83. The highest BCUT2D eigenvalue weighted by Crippen LogP contribution is 2.20. The van der Waals surface area contributed by atoms with Crippen LogP contribution in [0, 0.1) is 15.2 Å².